The second kappa shape index (κ2) is 10.3. The molecule has 132 valence electrons. The van der Waals surface area contributed by atoms with Crippen LogP contribution in [0.25, 0.3) is 11.5 Å². The first-order valence-electron chi connectivity index (χ1n) is 8.01. The van der Waals surface area contributed by atoms with Crippen LogP contribution < -0.4 is 10.6 Å². The van der Waals surface area contributed by atoms with E-state index in [0.29, 0.717) is 11.9 Å². The van der Waals surface area contributed by atoms with Gasteiger partial charge in [-0.15, -0.1) is 24.0 Å². The van der Waals surface area contributed by atoms with Gasteiger partial charge in [0.2, 0.25) is 0 Å². The van der Waals surface area contributed by atoms with Gasteiger partial charge in [0, 0.05) is 31.6 Å². The lowest BCUT2D eigenvalue weighted by Crippen LogP contribution is -2.41. The molecular weight excluding hydrogens is 417 g/mol. The van der Waals surface area contributed by atoms with Crippen LogP contribution in [0.2, 0.25) is 0 Å². The number of guanidine groups is 1. The van der Waals surface area contributed by atoms with Crippen LogP contribution in [0.15, 0.2) is 33.8 Å². The molecule has 7 heteroatoms. The van der Waals surface area contributed by atoms with Crippen molar-refractivity contribution in [3.63, 3.8) is 0 Å². The maximum atomic E-state index is 5.25. The Morgan fingerprint density at radius 1 is 1.25 bits per heavy atom. The van der Waals surface area contributed by atoms with Crippen molar-refractivity contribution in [2.75, 3.05) is 13.6 Å². The van der Waals surface area contributed by atoms with Gasteiger partial charge in [0.25, 0.3) is 5.89 Å². The van der Waals surface area contributed by atoms with Crippen molar-refractivity contribution < 1.29 is 4.52 Å². The van der Waals surface area contributed by atoms with Gasteiger partial charge >= 0.3 is 0 Å². The summed E-state index contributed by atoms with van der Waals surface area (Å²) in [6.07, 6.45) is 1.70. The zero-order chi connectivity index (χ0) is 16.7. The zero-order valence-electron chi connectivity index (χ0n) is 14.7. The summed E-state index contributed by atoms with van der Waals surface area (Å²) in [5, 5.41) is 10.5. The first kappa shape index (κ1) is 20.4. The Hall–Kier alpha value is -1.64. The van der Waals surface area contributed by atoms with E-state index in [9.17, 15) is 0 Å². The SMILES string of the molecule is CCc1noc(-c2ccc(CCNC(=NC)NC(C)C)cc2)n1.I. The summed E-state index contributed by atoms with van der Waals surface area (Å²) in [5.74, 6) is 2.14. The predicted octanol–water partition coefficient (Wildman–Crippen LogP) is 3.03. The molecule has 1 aromatic carbocycles. The minimum atomic E-state index is 0. The van der Waals surface area contributed by atoms with Gasteiger partial charge < -0.3 is 15.2 Å². The van der Waals surface area contributed by atoms with Crippen LogP contribution in [0.5, 0.6) is 0 Å². The number of aryl methyl sites for hydroxylation is 1. The average molecular weight is 443 g/mol. The minimum Gasteiger partial charge on any atom is -0.356 e. The molecule has 0 spiro atoms. The standard InChI is InChI=1S/C17H25N5O.HI/c1-5-15-21-16(23-22-15)14-8-6-13(7-9-14)10-11-19-17(18-4)20-12(2)3;/h6-9,12H,5,10-11H2,1-4H3,(H2,18,19,20);1H. The van der Waals surface area contributed by atoms with Gasteiger partial charge in [-0.2, -0.15) is 4.98 Å². The zero-order valence-corrected chi connectivity index (χ0v) is 17.0. The molecule has 24 heavy (non-hydrogen) atoms. The predicted molar refractivity (Wildman–Crippen MR) is 108 cm³/mol. The number of hydrogen-bond donors (Lipinski definition) is 2. The van der Waals surface area contributed by atoms with Crippen LogP contribution in [0.4, 0.5) is 0 Å². The van der Waals surface area contributed by atoms with E-state index in [1.807, 2.05) is 19.1 Å². The number of nitrogens with one attached hydrogen (secondary N) is 2. The lowest BCUT2D eigenvalue weighted by Gasteiger charge is -2.14. The molecule has 0 atom stereocenters. The molecule has 0 saturated carbocycles. The monoisotopic (exact) mass is 443 g/mol. The van der Waals surface area contributed by atoms with Crippen molar-refractivity contribution in [2.45, 2.75) is 39.7 Å². The molecule has 0 bridgehead atoms. The molecule has 1 aromatic heterocycles. The van der Waals surface area contributed by atoms with Gasteiger partial charge in [0.1, 0.15) is 0 Å². The van der Waals surface area contributed by atoms with E-state index in [2.05, 4.69) is 51.7 Å². The van der Waals surface area contributed by atoms with Crippen LogP contribution in [0, 0.1) is 0 Å². The highest BCUT2D eigenvalue weighted by Crippen LogP contribution is 2.18. The highest BCUT2D eigenvalue weighted by Gasteiger charge is 2.07. The molecule has 2 N–H and O–H groups in total. The lowest BCUT2D eigenvalue weighted by molar-refractivity contribution is 0.423. The Kier molecular flexibility index (Phi) is 8.73. The lowest BCUT2D eigenvalue weighted by atomic mass is 10.1. The quantitative estimate of drug-likeness (QED) is 0.408. The molecule has 0 aliphatic rings. The summed E-state index contributed by atoms with van der Waals surface area (Å²) in [6, 6.07) is 8.58. The van der Waals surface area contributed by atoms with Gasteiger partial charge in [0.05, 0.1) is 0 Å². The Labute approximate surface area is 160 Å². The first-order chi connectivity index (χ1) is 11.1. The van der Waals surface area contributed by atoms with E-state index >= 15 is 0 Å². The fourth-order valence-electron chi connectivity index (χ4n) is 2.12. The average Bonchev–Trinajstić information content (AvgIpc) is 3.03. The molecule has 0 radical (unpaired) electrons. The third kappa shape index (κ3) is 6.10. The van der Waals surface area contributed by atoms with Crippen LogP contribution >= 0.6 is 24.0 Å². The van der Waals surface area contributed by atoms with Crippen molar-refractivity contribution in [3.8, 4) is 11.5 Å². The largest absolute Gasteiger partial charge is 0.356 e. The normalized spacial score (nSPS) is 11.3. The van der Waals surface area contributed by atoms with Gasteiger partial charge in [-0.3, -0.25) is 4.99 Å². The molecule has 2 aromatic rings. The second-order valence-electron chi connectivity index (χ2n) is 5.61. The van der Waals surface area contributed by atoms with Crippen LogP contribution in [0.1, 0.15) is 32.2 Å². The highest BCUT2D eigenvalue weighted by molar-refractivity contribution is 14.0. The summed E-state index contributed by atoms with van der Waals surface area (Å²) in [6.45, 7) is 7.01. The molecule has 0 unspecified atom stereocenters. The topological polar surface area (TPSA) is 75.3 Å². The van der Waals surface area contributed by atoms with Crippen LogP contribution in [-0.2, 0) is 12.8 Å². The van der Waals surface area contributed by atoms with Gasteiger partial charge in [-0.1, -0.05) is 24.2 Å². The highest BCUT2D eigenvalue weighted by atomic mass is 127. The second-order valence-corrected chi connectivity index (χ2v) is 5.61. The Morgan fingerprint density at radius 3 is 2.50 bits per heavy atom. The van der Waals surface area contributed by atoms with Crippen molar-refractivity contribution in [1.82, 2.24) is 20.8 Å². The third-order valence-electron chi connectivity index (χ3n) is 3.34. The summed E-state index contributed by atoms with van der Waals surface area (Å²) in [4.78, 5) is 8.53. The molecular formula is C17H26IN5O. The number of rotatable bonds is 6. The van der Waals surface area contributed by atoms with Gasteiger partial charge in [0.15, 0.2) is 11.8 Å². The number of benzene rings is 1. The van der Waals surface area contributed by atoms with E-state index in [-0.39, 0.29) is 24.0 Å². The van der Waals surface area contributed by atoms with Gasteiger partial charge in [-0.05, 0) is 38.0 Å². The summed E-state index contributed by atoms with van der Waals surface area (Å²) >= 11 is 0. The fourth-order valence-corrected chi connectivity index (χ4v) is 2.12. The molecule has 0 amide bonds. The fraction of sp³-hybridized carbons (Fsp3) is 0.471. The summed E-state index contributed by atoms with van der Waals surface area (Å²) < 4.78 is 5.25. The Bertz CT molecular complexity index is 637. The van der Waals surface area contributed by atoms with E-state index < -0.39 is 0 Å². The maximum absolute atomic E-state index is 5.25. The number of halogens is 1. The smallest absolute Gasteiger partial charge is 0.257 e. The van der Waals surface area contributed by atoms with Gasteiger partial charge in [-0.25, -0.2) is 0 Å². The Balaban J connectivity index is 0.00000288. The molecule has 1 heterocycles. The number of nitrogens with zero attached hydrogens (tertiary/aromatic N) is 3. The van der Waals surface area contributed by atoms with Crippen molar-refractivity contribution >= 4 is 29.9 Å². The van der Waals surface area contributed by atoms with Crippen LogP contribution in [0.3, 0.4) is 0 Å². The molecule has 2 rings (SSSR count). The molecule has 0 saturated heterocycles. The van der Waals surface area contributed by atoms with E-state index in [1.165, 1.54) is 5.56 Å². The Morgan fingerprint density at radius 2 is 1.96 bits per heavy atom. The molecule has 0 aliphatic heterocycles. The number of aromatic nitrogens is 2. The van der Waals surface area contributed by atoms with E-state index in [0.717, 1.165) is 36.7 Å². The van der Waals surface area contributed by atoms with E-state index in [4.69, 9.17) is 4.52 Å². The first-order valence-corrected chi connectivity index (χ1v) is 8.01. The van der Waals surface area contributed by atoms with Crippen molar-refractivity contribution in [1.29, 1.82) is 0 Å². The van der Waals surface area contributed by atoms with Crippen molar-refractivity contribution in [2.24, 2.45) is 4.99 Å². The van der Waals surface area contributed by atoms with E-state index in [1.54, 1.807) is 7.05 Å². The third-order valence-corrected chi connectivity index (χ3v) is 3.34. The van der Waals surface area contributed by atoms with Crippen LogP contribution in [-0.4, -0.2) is 35.7 Å². The molecule has 0 fully saturated rings. The van der Waals surface area contributed by atoms with Crippen molar-refractivity contribution in [3.05, 3.63) is 35.7 Å². The minimum absolute atomic E-state index is 0. The molecule has 0 aliphatic carbocycles. The summed E-state index contributed by atoms with van der Waals surface area (Å²) in [7, 11) is 1.78. The number of aliphatic imine (C=N–C) groups is 1. The molecule has 6 nitrogen and oxygen atoms in total. The summed E-state index contributed by atoms with van der Waals surface area (Å²) in [5.41, 5.74) is 2.20. The maximum Gasteiger partial charge on any atom is 0.257 e. The number of hydrogen-bond acceptors (Lipinski definition) is 4.